The highest BCUT2D eigenvalue weighted by molar-refractivity contribution is 6.00. The molecule has 1 aliphatic heterocycles. The van der Waals surface area contributed by atoms with Gasteiger partial charge in [-0.3, -0.25) is 14.9 Å². The van der Waals surface area contributed by atoms with Crippen LogP contribution in [0.4, 0.5) is 0 Å². The van der Waals surface area contributed by atoms with Gasteiger partial charge in [0.15, 0.2) is 0 Å². The monoisotopic (exact) mass is 318 g/mol. The molecule has 2 aliphatic rings. The number of piperidine rings is 1. The molecule has 2 N–H and O–H groups in total. The molecule has 124 valence electrons. The second kappa shape index (κ2) is 7.08. The Bertz CT molecular complexity index is 564. The van der Waals surface area contributed by atoms with Gasteiger partial charge in [0, 0.05) is 25.3 Å². The van der Waals surface area contributed by atoms with E-state index in [9.17, 15) is 9.59 Å². The van der Waals surface area contributed by atoms with E-state index in [0.29, 0.717) is 24.6 Å². The molecule has 1 aromatic heterocycles. The minimum Gasteiger partial charge on any atom is -0.474 e. The first-order valence-electron chi connectivity index (χ1n) is 8.23. The first kappa shape index (κ1) is 15.9. The number of carbonyl (C=O) groups excluding carboxylic acids is 2. The van der Waals surface area contributed by atoms with Gasteiger partial charge in [0.25, 0.3) is 0 Å². The van der Waals surface area contributed by atoms with Crippen molar-refractivity contribution in [2.75, 3.05) is 6.61 Å². The number of aliphatic hydroxyl groups excluding tert-OH is 1. The summed E-state index contributed by atoms with van der Waals surface area (Å²) in [5.74, 6) is 0.192. The average Bonchev–Trinajstić information content (AvgIpc) is 2.57. The zero-order valence-electron chi connectivity index (χ0n) is 13.0. The summed E-state index contributed by atoms with van der Waals surface area (Å²) in [7, 11) is 0. The Hall–Kier alpha value is -1.95. The minimum absolute atomic E-state index is 0.145. The lowest BCUT2D eigenvalue weighted by Gasteiger charge is -2.27. The smallest absolute Gasteiger partial charge is 0.234 e. The molecule has 2 heterocycles. The van der Waals surface area contributed by atoms with Crippen LogP contribution >= 0.6 is 0 Å². The van der Waals surface area contributed by atoms with Gasteiger partial charge in [0.1, 0.15) is 6.10 Å². The fourth-order valence-corrected chi connectivity index (χ4v) is 3.28. The Morgan fingerprint density at radius 2 is 1.96 bits per heavy atom. The van der Waals surface area contributed by atoms with E-state index in [1.807, 2.05) is 6.07 Å². The molecular formula is C17H22N2O4. The molecule has 2 fully saturated rings. The summed E-state index contributed by atoms with van der Waals surface area (Å²) in [6.45, 7) is 0.256. The Labute approximate surface area is 135 Å². The van der Waals surface area contributed by atoms with Crippen LogP contribution in [0.25, 0.3) is 0 Å². The van der Waals surface area contributed by atoms with Gasteiger partial charge >= 0.3 is 0 Å². The molecule has 6 heteroatoms. The number of aliphatic hydroxyl groups is 1. The largest absolute Gasteiger partial charge is 0.474 e. The average molecular weight is 318 g/mol. The molecule has 2 amide bonds. The van der Waals surface area contributed by atoms with Crippen molar-refractivity contribution in [3.63, 3.8) is 0 Å². The van der Waals surface area contributed by atoms with E-state index >= 15 is 0 Å². The zero-order chi connectivity index (χ0) is 16.2. The molecule has 0 radical (unpaired) electrons. The number of ether oxygens (including phenoxy) is 1. The summed E-state index contributed by atoms with van der Waals surface area (Å²) in [5, 5.41) is 11.5. The maximum Gasteiger partial charge on any atom is 0.234 e. The van der Waals surface area contributed by atoms with Crippen LogP contribution in [0.3, 0.4) is 0 Å². The molecule has 1 unspecified atom stereocenters. The lowest BCUT2D eigenvalue weighted by Crippen LogP contribution is -2.39. The molecule has 23 heavy (non-hydrogen) atoms. The number of nitrogens with one attached hydrogen (secondary N) is 1. The van der Waals surface area contributed by atoms with Gasteiger partial charge in [-0.2, -0.15) is 0 Å². The molecule has 1 atom stereocenters. The maximum atomic E-state index is 11.9. The van der Waals surface area contributed by atoms with Gasteiger partial charge in [0.2, 0.25) is 17.7 Å². The SMILES string of the molecule is O=C1CCC(c2ccc(OC3CCC(CO)CC3)nc2)C(=O)N1. The van der Waals surface area contributed by atoms with Gasteiger partial charge in [-0.1, -0.05) is 6.07 Å². The molecule has 0 aromatic carbocycles. The molecule has 1 aromatic rings. The van der Waals surface area contributed by atoms with Gasteiger partial charge in [-0.15, -0.1) is 0 Å². The van der Waals surface area contributed by atoms with E-state index in [0.717, 1.165) is 31.2 Å². The van der Waals surface area contributed by atoms with Crippen molar-refractivity contribution in [2.24, 2.45) is 5.92 Å². The number of imide groups is 1. The summed E-state index contributed by atoms with van der Waals surface area (Å²) in [5.41, 5.74) is 0.811. The van der Waals surface area contributed by atoms with Crippen molar-refractivity contribution in [3.05, 3.63) is 23.9 Å². The van der Waals surface area contributed by atoms with Gasteiger partial charge in [-0.05, 0) is 43.6 Å². The van der Waals surface area contributed by atoms with Crippen molar-refractivity contribution in [1.82, 2.24) is 10.3 Å². The van der Waals surface area contributed by atoms with Crippen LogP contribution in [0.2, 0.25) is 0 Å². The van der Waals surface area contributed by atoms with Crippen molar-refractivity contribution in [3.8, 4) is 5.88 Å². The van der Waals surface area contributed by atoms with Gasteiger partial charge in [-0.25, -0.2) is 4.98 Å². The lowest BCUT2D eigenvalue weighted by molar-refractivity contribution is -0.134. The summed E-state index contributed by atoms with van der Waals surface area (Å²) in [4.78, 5) is 27.3. The molecule has 0 bridgehead atoms. The highest BCUT2D eigenvalue weighted by atomic mass is 16.5. The highest BCUT2D eigenvalue weighted by Gasteiger charge is 2.28. The summed E-state index contributed by atoms with van der Waals surface area (Å²) in [6, 6.07) is 3.64. The second-order valence-corrected chi connectivity index (χ2v) is 6.38. The second-order valence-electron chi connectivity index (χ2n) is 6.38. The van der Waals surface area contributed by atoms with Crippen molar-refractivity contribution < 1.29 is 19.4 Å². The minimum atomic E-state index is -0.311. The first-order valence-corrected chi connectivity index (χ1v) is 8.23. The Balaban J connectivity index is 1.57. The zero-order valence-corrected chi connectivity index (χ0v) is 13.0. The summed E-state index contributed by atoms with van der Waals surface area (Å²) >= 11 is 0. The number of amides is 2. The number of aromatic nitrogens is 1. The summed E-state index contributed by atoms with van der Waals surface area (Å²) < 4.78 is 5.89. The Morgan fingerprint density at radius 1 is 1.17 bits per heavy atom. The third-order valence-corrected chi connectivity index (χ3v) is 4.74. The van der Waals surface area contributed by atoms with Gasteiger partial charge in [0.05, 0.1) is 5.92 Å². The van der Waals surface area contributed by atoms with Crippen LogP contribution in [0.1, 0.15) is 50.0 Å². The van der Waals surface area contributed by atoms with E-state index in [2.05, 4.69) is 10.3 Å². The van der Waals surface area contributed by atoms with Crippen LogP contribution in [-0.4, -0.2) is 34.6 Å². The molecule has 6 nitrogen and oxygen atoms in total. The van der Waals surface area contributed by atoms with Crippen molar-refractivity contribution in [1.29, 1.82) is 0 Å². The molecule has 1 saturated heterocycles. The lowest BCUT2D eigenvalue weighted by atomic mass is 9.88. The standard InChI is InChI=1S/C17H22N2O4/c20-10-11-1-4-13(5-2-11)23-16-8-3-12(9-18-16)14-6-7-15(21)19-17(14)22/h3,8-9,11,13-14,20H,1-2,4-7,10H2,(H,19,21,22). The molecular weight excluding hydrogens is 296 g/mol. The highest BCUT2D eigenvalue weighted by Crippen LogP contribution is 2.28. The quantitative estimate of drug-likeness (QED) is 0.822. The third-order valence-electron chi connectivity index (χ3n) is 4.74. The Kier molecular flexibility index (Phi) is 4.91. The molecule has 3 rings (SSSR count). The first-order chi connectivity index (χ1) is 11.2. The number of nitrogens with zero attached hydrogens (tertiary/aromatic N) is 1. The van der Waals surface area contributed by atoms with E-state index in [-0.39, 0.29) is 30.4 Å². The number of carbonyl (C=O) groups is 2. The fraction of sp³-hybridized carbons (Fsp3) is 0.588. The summed E-state index contributed by atoms with van der Waals surface area (Å²) in [6.07, 6.45) is 6.52. The van der Waals surface area contributed by atoms with E-state index in [1.165, 1.54) is 0 Å². The van der Waals surface area contributed by atoms with E-state index in [4.69, 9.17) is 9.84 Å². The van der Waals surface area contributed by atoms with Crippen LogP contribution in [0.5, 0.6) is 5.88 Å². The maximum absolute atomic E-state index is 11.9. The van der Waals surface area contributed by atoms with Crippen LogP contribution in [0, 0.1) is 5.92 Å². The van der Waals surface area contributed by atoms with Crippen LogP contribution in [0.15, 0.2) is 18.3 Å². The van der Waals surface area contributed by atoms with Crippen LogP contribution < -0.4 is 10.1 Å². The number of hydrogen-bond acceptors (Lipinski definition) is 5. The number of hydrogen-bond donors (Lipinski definition) is 2. The predicted molar refractivity (Wildman–Crippen MR) is 82.8 cm³/mol. The van der Waals surface area contributed by atoms with E-state index < -0.39 is 0 Å². The number of rotatable bonds is 4. The molecule has 1 aliphatic carbocycles. The van der Waals surface area contributed by atoms with Crippen LogP contribution in [-0.2, 0) is 9.59 Å². The van der Waals surface area contributed by atoms with E-state index in [1.54, 1.807) is 12.3 Å². The molecule has 1 saturated carbocycles. The Morgan fingerprint density at radius 3 is 2.57 bits per heavy atom. The van der Waals surface area contributed by atoms with Crippen molar-refractivity contribution >= 4 is 11.8 Å². The van der Waals surface area contributed by atoms with Gasteiger partial charge < -0.3 is 9.84 Å². The number of pyridine rings is 1. The molecule has 0 spiro atoms. The topological polar surface area (TPSA) is 88.5 Å². The fourth-order valence-electron chi connectivity index (χ4n) is 3.28. The third kappa shape index (κ3) is 3.88. The van der Waals surface area contributed by atoms with Crippen molar-refractivity contribution in [2.45, 2.75) is 50.5 Å². The normalized spacial score (nSPS) is 28.3. The predicted octanol–water partition coefficient (Wildman–Crippen LogP) is 1.53.